The SMILES string of the molecule is CC(C)CS(=O)(=O)NC(=O)c1ccc(-c2ccc(CCNC[C@@H](O)c3ccccc3)cc2)cc1OC(C)C.Cl. The smallest absolute Gasteiger partial charge is 0.268 e. The van der Waals surface area contributed by atoms with Crippen LogP contribution in [0, 0.1) is 5.92 Å². The predicted octanol–water partition coefficient (Wildman–Crippen LogP) is 5.14. The summed E-state index contributed by atoms with van der Waals surface area (Å²) in [4.78, 5) is 12.8. The number of ether oxygens (including phenoxy) is 1. The molecule has 0 bridgehead atoms. The molecule has 39 heavy (non-hydrogen) atoms. The minimum Gasteiger partial charge on any atom is -0.490 e. The van der Waals surface area contributed by atoms with Gasteiger partial charge in [0.15, 0.2) is 0 Å². The number of halogens is 1. The average molecular weight is 575 g/mol. The van der Waals surface area contributed by atoms with Crippen LogP contribution in [0.1, 0.15) is 55.3 Å². The molecule has 9 heteroatoms. The number of hydrogen-bond acceptors (Lipinski definition) is 6. The Morgan fingerprint density at radius 1 is 0.923 bits per heavy atom. The van der Waals surface area contributed by atoms with Crippen molar-refractivity contribution in [2.24, 2.45) is 5.92 Å². The molecule has 0 aliphatic carbocycles. The molecule has 0 aliphatic heterocycles. The molecule has 0 saturated carbocycles. The summed E-state index contributed by atoms with van der Waals surface area (Å²) in [5, 5.41) is 13.6. The molecule has 0 heterocycles. The first-order valence-corrected chi connectivity index (χ1v) is 14.6. The molecular weight excluding hydrogens is 536 g/mol. The van der Waals surface area contributed by atoms with Crippen molar-refractivity contribution >= 4 is 28.3 Å². The first-order chi connectivity index (χ1) is 18.0. The number of benzene rings is 3. The first-order valence-electron chi connectivity index (χ1n) is 12.9. The van der Waals surface area contributed by atoms with Gasteiger partial charge in [0.05, 0.1) is 23.5 Å². The van der Waals surface area contributed by atoms with Gasteiger partial charge in [-0.15, -0.1) is 12.4 Å². The fourth-order valence-electron chi connectivity index (χ4n) is 4.05. The third kappa shape index (κ3) is 10.3. The number of sulfonamides is 1. The zero-order chi connectivity index (χ0) is 27.7. The van der Waals surface area contributed by atoms with Crippen LogP contribution < -0.4 is 14.8 Å². The van der Waals surface area contributed by atoms with Crippen LogP contribution in [-0.4, -0.2) is 44.4 Å². The molecule has 0 aromatic heterocycles. The summed E-state index contributed by atoms with van der Waals surface area (Å²) in [6.45, 7) is 8.49. The summed E-state index contributed by atoms with van der Waals surface area (Å²) in [7, 11) is -3.74. The highest BCUT2D eigenvalue weighted by Gasteiger charge is 2.21. The molecule has 3 rings (SSSR count). The number of rotatable bonds is 13. The standard InChI is InChI=1S/C30H38N2O5S.ClH/c1-21(2)20-38(35,36)32-30(34)27-15-14-26(18-29(27)37-22(3)4)24-12-10-23(11-13-24)16-17-31-19-28(33)25-8-6-5-7-9-25;/h5-15,18,21-22,28,31,33H,16-17,19-20H2,1-4H3,(H,32,34);1H/t28-;/m1./s1. The van der Waals surface area contributed by atoms with Crippen LogP contribution in [0.2, 0.25) is 0 Å². The van der Waals surface area contributed by atoms with Crippen molar-refractivity contribution in [3.63, 3.8) is 0 Å². The maximum Gasteiger partial charge on any atom is 0.268 e. The van der Waals surface area contributed by atoms with Crippen molar-refractivity contribution in [2.45, 2.75) is 46.3 Å². The number of hydrogen-bond donors (Lipinski definition) is 3. The molecule has 1 atom stereocenters. The number of aliphatic hydroxyl groups excluding tert-OH is 1. The van der Waals surface area contributed by atoms with E-state index in [2.05, 4.69) is 10.0 Å². The van der Waals surface area contributed by atoms with E-state index in [1.165, 1.54) is 0 Å². The van der Waals surface area contributed by atoms with Gasteiger partial charge in [-0.2, -0.15) is 0 Å². The minimum absolute atomic E-state index is 0. The third-order valence-corrected chi connectivity index (χ3v) is 7.39. The lowest BCUT2D eigenvalue weighted by Crippen LogP contribution is -2.34. The van der Waals surface area contributed by atoms with E-state index in [4.69, 9.17) is 4.74 Å². The molecule has 0 spiro atoms. The Morgan fingerprint density at radius 2 is 1.56 bits per heavy atom. The fraction of sp³-hybridized carbons (Fsp3) is 0.367. The lowest BCUT2D eigenvalue weighted by atomic mass is 10.0. The monoisotopic (exact) mass is 574 g/mol. The van der Waals surface area contributed by atoms with E-state index in [9.17, 15) is 18.3 Å². The lowest BCUT2D eigenvalue weighted by molar-refractivity contribution is 0.0975. The Bertz CT molecular complexity index is 1300. The summed E-state index contributed by atoms with van der Waals surface area (Å²) in [6.07, 6.45) is 0.0774. The maximum atomic E-state index is 12.8. The summed E-state index contributed by atoms with van der Waals surface area (Å²) >= 11 is 0. The largest absolute Gasteiger partial charge is 0.490 e. The highest BCUT2D eigenvalue weighted by atomic mass is 35.5. The molecule has 0 fully saturated rings. The predicted molar refractivity (Wildman–Crippen MR) is 159 cm³/mol. The van der Waals surface area contributed by atoms with E-state index in [-0.39, 0.29) is 35.7 Å². The van der Waals surface area contributed by atoms with E-state index in [1.807, 2.05) is 68.4 Å². The van der Waals surface area contributed by atoms with E-state index >= 15 is 0 Å². The number of amides is 1. The minimum atomic E-state index is -3.74. The van der Waals surface area contributed by atoms with Gasteiger partial charge in [0.2, 0.25) is 10.0 Å². The van der Waals surface area contributed by atoms with Gasteiger partial charge in [0, 0.05) is 6.54 Å². The van der Waals surface area contributed by atoms with Crippen LogP contribution >= 0.6 is 12.4 Å². The normalized spacial score (nSPS) is 12.2. The van der Waals surface area contributed by atoms with E-state index < -0.39 is 22.0 Å². The quantitative estimate of drug-likeness (QED) is 0.244. The van der Waals surface area contributed by atoms with Crippen molar-refractivity contribution in [3.8, 4) is 16.9 Å². The van der Waals surface area contributed by atoms with Gasteiger partial charge in [-0.3, -0.25) is 4.79 Å². The van der Waals surface area contributed by atoms with Gasteiger partial charge in [-0.05, 0) is 67.1 Å². The summed E-state index contributed by atoms with van der Waals surface area (Å²) in [5.74, 6) is -0.603. The molecule has 3 N–H and O–H groups in total. The Balaban J connectivity index is 0.00000533. The van der Waals surface area contributed by atoms with Crippen molar-refractivity contribution < 1.29 is 23.1 Å². The van der Waals surface area contributed by atoms with Crippen molar-refractivity contribution in [3.05, 3.63) is 89.5 Å². The van der Waals surface area contributed by atoms with E-state index in [0.717, 1.165) is 35.2 Å². The van der Waals surface area contributed by atoms with Crippen LogP contribution in [0.25, 0.3) is 11.1 Å². The highest BCUT2D eigenvalue weighted by molar-refractivity contribution is 7.90. The second-order valence-corrected chi connectivity index (χ2v) is 11.8. The van der Waals surface area contributed by atoms with Gasteiger partial charge in [-0.1, -0.05) is 74.5 Å². The third-order valence-electron chi connectivity index (χ3n) is 5.79. The maximum absolute atomic E-state index is 12.8. The van der Waals surface area contributed by atoms with Gasteiger partial charge in [-0.25, -0.2) is 13.1 Å². The van der Waals surface area contributed by atoms with Crippen molar-refractivity contribution in [1.29, 1.82) is 0 Å². The number of aliphatic hydroxyl groups is 1. The molecule has 0 aliphatic rings. The first kappa shape index (κ1) is 32.3. The van der Waals surface area contributed by atoms with Crippen LogP contribution in [0.5, 0.6) is 5.75 Å². The summed E-state index contributed by atoms with van der Waals surface area (Å²) in [6, 6.07) is 22.9. The molecule has 7 nitrogen and oxygen atoms in total. The molecule has 212 valence electrons. The highest BCUT2D eigenvalue weighted by Crippen LogP contribution is 2.29. The van der Waals surface area contributed by atoms with Crippen molar-refractivity contribution in [2.75, 3.05) is 18.8 Å². The van der Waals surface area contributed by atoms with E-state index in [1.54, 1.807) is 32.0 Å². The number of nitrogens with one attached hydrogen (secondary N) is 2. The van der Waals surface area contributed by atoms with Gasteiger partial charge < -0.3 is 15.2 Å². The molecule has 3 aromatic rings. The molecule has 1 amide bonds. The number of carbonyl (C=O) groups is 1. The van der Waals surface area contributed by atoms with Crippen LogP contribution in [0.4, 0.5) is 0 Å². The second kappa shape index (κ2) is 15.0. The number of carbonyl (C=O) groups excluding carboxylic acids is 1. The molecule has 0 saturated heterocycles. The Morgan fingerprint density at radius 3 is 2.18 bits per heavy atom. The molecule has 3 aromatic carbocycles. The van der Waals surface area contributed by atoms with Crippen LogP contribution in [0.15, 0.2) is 72.8 Å². The average Bonchev–Trinajstić information content (AvgIpc) is 2.86. The Kier molecular flexibility index (Phi) is 12.4. The Hall–Kier alpha value is -2.91. The summed E-state index contributed by atoms with van der Waals surface area (Å²) in [5.41, 5.74) is 4.04. The molecular formula is C30H39ClN2O5S. The topological polar surface area (TPSA) is 105 Å². The fourth-order valence-corrected chi connectivity index (χ4v) is 5.40. The molecule has 0 unspecified atom stereocenters. The molecule has 0 radical (unpaired) electrons. The van der Waals surface area contributed by atoms with Gasteiger partial charge in [0.1, 0.15) is 5.75 Å². The lowest BCUT2D eigenvalue weighted by Gasteiger charge is -2.16. The summed E-state index contributed by atoms with van der Waals surface area (Å²) < 4.78 is 32.6. The van der Waals surface area contributed by atoms with Gasteiger partial charge in [0.25, 0.3) is 5.91 Å². The second-order valence-electron chi connectivity index (χ2n) is 10.1. The Labute approximate surface area is 238 Å². The van der Waals surface area contributed by atoms with Crippen LogP contribution in [-0.2, 0) is 16.4 Å². The zero-order valence-electron chi connectivity index (χ0n) is 22.9. The van der Waals surface area contributed by atoms with E-state index in [0.29, 0.717) is 12.3 Å². The van der Waals surface area contributed by atoms with Gasteiger partial charge >= 0.3 is 0 Å². The van der Waals surface area contributed by atoms with Crippen LogP contribution in [0.3, 0.4) is 0 Å². The zero-order valence-corrected chi connectivity index (χ0v) is 24.5. The van der Waals surface area contributed by atoms with Crippen molar-refractivity contribution in [1.82, 2.24) is 10.0 Å².